The Morgan fingerprint density at radius 3 is 2.23 bits per heavy atom. The van der Waals surface area contributed by atoms with Crippen LogP contribution in [0.25, 0.3) is 0 Å². The van der Waals surface area contributed by atoms with Gasteiger partial charge in [0.1, 0.15) is 0 Å². The molecule has 0 spiro atoms. The Labute approximate surface area is 183 Å². The number of carbonyl (C=O) groups is 1. The molecule has 9 heteroatoms. The quantitative estimate of drug-likeness (QED) is 0.737. The van der Waals surface area contributed by atoms with Crippen LogP contribution in [0.1, 0.15) is 24.5 Å². The second-order valence-corrected chi connectivity index (χ2v) is 8.37. The molecule has 2 saturated heterocycles. The first-order chi connectivity index (χ1) is 14.8. The second-order valence-electron chi connectivity index (χ2n) is 8.37. The van der Waals surface area contributed by atoms with E-state index in [9.17, 15) is 18.0 Å². The van der Waals surface area contributed by atoms with Crippen molar-refractivity contribution in [1.29, 1.82) is 0 Å². The van der Waals surface area contributed by atoms with Crippen LogP contribution in [-0.4, -0.2) is 97.3 Å². The van der Waals surface area contributed by atoms with Gasteiger partial charge < -0.3 is 15.1 Å². The van der Waals surface area contributed by atoms with Gasteiger partial charge in [0.25, 0.3) is 0 Å². The van der Waals surface area contributed by atoms with Crippen LogP contribution < -0.4 is 5.32 Å². The number of nitrogens with one attached hydrogen (secondary N) is 1. The van der Waals surface area contributed by atoms with Crippen LogP contribution in [-0.2, 0) is 13.1 Å². The maximum atomic E-state index is 12.6. The van der Waals surface area contributed by atoms with E-state index in [4.69, 9.17) is 0 Å². The van der Waals surface area contributed by atoms with Crippen LogP contribution in [0.5, 0.6) is 0 Å². The number of alkyl halides is 3. The monoisotopic (exact) mass is 441 g/mol. The maximum Gasteiger partial charge on any atom is 0.401 e. The summed E-state index contributed by atoms with van der Waals surface area (Å²) >= 11 is 0. The minimum absolute atomic E-state index is 0.208. The van der Waals surface area contributed by atoms with Crippen molar-refractivity contribution in [3.05, 3.63) is 35.4 Å². The van der Waals surface area contributed by atoms with E-state index in [-0.39, 0.29) is 12.6 Å². The number of rotatable bonds is 6. The first kappa shape index (κ1) is 23.8. The number of halogens is 3. The highest BCUT2D eigenvalue weighted by atomic mass is 19.4. The molecule has 0 radical (unpaired) electrons. The molecule has 2 aliphatic rings. The number of nitrogens with zero attached hydrogens (tertiary/aromatic N) is 4. The van der Waals surface area contributed by atoms with Gasteiger partial charge in [0, 0.05) is 65.4 Å². The van der Waals surface area contributed by atoms with Gasteiger partial charge in [-0.3, -0.25) is 9.80 Å². The lowest BCUT2D eigenvalue weighted by atomic mass is 10.1. The van der Waals surface area contributed by atoms with Crippen molar-refractivity contribution in [1.82, 2.24) is 24.9 Å². The van der Waals surface area contributed by atoms with Crippen molar-refractivity contribution >= 4 is 6.03 Å². The molecular weight excluding hydrogens is 407 g/mol. The molecule has 2 aliphatic heterocycles. The summed E-state index contributed by atoms with van der Waals surface area (Å²) in [6.45, 7) is 9.26. The predicted octanol–water partition coefficient (Wildman–Crippen LogP) is 2.60. The molecule has 3 rings (SSSR count). The molecule has 174 valence electrons. The summed E-state index contributed by atoms with van der Waals surface area (Å²) in [5.41, 5.74) is 2.29. The standard InChI is InChI=1S/C22H34F3N5O/c1-2-27-10-12-28(13-11-27)17-20-7-4-3-6-19(20)16-26-21(31)30-9-5-8-29(14-15-30)18-22(23,24)25/h3-4,6-7H,2,5,8-18H2,1H3,(H,26,31). The van der Waals surface area contributed by atoms with E-state index in [1.807, 2.05) is 18.2 Å². The summed E-state index contributed by atoms with van der Waals surface area (Å²) < 4.78 is 37.9. The molecule has 0 saturated carbocycles. The fourth-order valence-electron chi connectivity index (χ4n) is 4.26. The largest absolute Gasteiger partial charge is 0.401 e. The lowest BCUT2D eigenvalue weighted by Gasteiger charge is -2.34. The summed E-state index contributed by atoms with van der Waals surface area (Å²) in [4.78, 5) is 20.5. The average molecular weight is 442 g/mol. The van der Waals surface area contributed by atoms with Gasteiger partial charge in [0.05, 0.1) is 6.54 Å². The topological polar surface area (TPSA) is 42.1 Å². The molecule has 1 aromatic rings. The molecule has 2 amide bonds. The lowest BCUT2D eigenvalue weighted by Crippen LogP contribution is -2.45. The smallest absolute Gasteiger partial charge is 0.334 e. The van der Waals surface area contributed by atoms with E-state index in [1.54, 1.807) is 4.90 Å². The minimum Gasteiger partial charge on any atom is -0.334 e. The van der Waals surface area contributed by atoms with E-state index >= 15 is 0 Å². The Balaban J connectivity index is 1.49. The first-order valence-electron chi connectivity index (χ1n) is 11.2. The molecule has 0 atom stereocenters. The number of benzene rings is 1. The van der Waals surface area contributed by atoms with Crippen molar-refractivity contribution < 1.29 is 18.0 Å². The van der Waals surface area contributed by atoms with E-state index in [0.29, 0.717) is 32.6 Å². The number of hydrogen-bond donors (Lipinski definition) is 1. The molecule has 2 heterocycles. The molecule has 0 aliphatic carbocycles. The summed E-state index contributed by atoms with van der Waals surface area (Å²) in [6, 6.07) is 7.92. The van der Waals surface area contributed by atoms with Gasteiger partial charge in [-0.2, -0.15) is 13.2 Å². The third-order valence-corrected chi connectivity index (χ3v) is 6.13. The van der Waals surface area contributed by atoms with E-state index in [1.165, 1.54) is 10.5 Å². The predicted molar refractivity (Wildman–Crippen MR) is 115 cm³/mol. The Hall–Kier alpha value is -1.84. The third kappa shape index (κ3) is 7.66. The lowest BCUT2D eigenvalue weighted by molar-refractivity contribution is -0.145. The van der Waals surface area contributed by atoms with Crippen LogP contribution in [0.3, 0.4) is 0 Å². The van der Waals surface area contributed by atoms with Crippen LogP contribution in [0.15, 0.2) is 24.3 Å². The van der Waals surface area contributed by atoms with Gasteiger partial charge in [0.15, 0.2) is 0 Å². The van der Waals surface area contributed by atoms with Gasteiger partial charge in [-0.1, -0.05) is 31.2 Å². The summed E-state index contributed by atoms with van der Waals surface area (Å²) in [7, 11) is 0. The molecule has 0 unspecified atom stereocenters. The first-order valence-corrected chi connectivity index (χ1v) is 11.2. The number of likely N-dealkylation sites (N-methyl/N-ethyl adjacent to an activating group) is 1. The van der Waals surface area contributed by atoms with Crippen LogP contribution in [0.4, 0.5) is 18.0 Å². The van der Waals surface area contributed by atoms with Crippen LogP contribution in [0, 0.1) is 0 Å². The summed E-state index contributed by atoms with van der Waals surface area (Å²) in [6.07, 6.45) is -3.66. The van der Waals surface area contributed by atoms with Gasteiger partial charge in [-0.05, 0) is 24.1 Å². The van der Waals surface area contributed by atoms with Crippen LogP contribution in [0.2, 0.25) is 0 Å². The Morgan fingerprint density at radius 1 is 0.903 bits per heavy atom. The highest BCUT2D eigenvalue weighted by Crippen LogP contribution is 2.18. The summed E-state index contributed by atoms with van der Waals surface area (Å²) in [5, 5.41) is 2.97. The van der Waals surface area contributed by atoms with Gasteiger partial charge in [-0.25, -0.2) is 4.79 Å². The SMILES string of the molecule is CCN1CCN(Cc2ccccc2CNC(=O)N2CCCN(CC(F)(F)F)CC2)CC1. The fourth-order valence-corrected chi connectivity index (χ4v) is 4.26. The average Bonchev–Trinajstić information content (AvgIpc) is 2.97. The number of hydrogen-bond acceptors (Lipinski definition) is 4. The zero-order chi connectivity index (χ0) is 22.3. The molecule has 1 N–H and O–H groups in total. The van der Waals surface area contributed by atoms with Gasteiger partial charge >= 0.3 is 12.2 Å². The highest BCUT2D eigenvalue weighted by molar-refractivity contribution is 5.74. The van der Waals surface area contributed by atoms with E-state index < -0.39 is 12.7 Å². The fraction of sp³-hybridized carbons (Fsp3) is 0.682. The van der Waals surface area contributed by atoms with E-state index in [2.05, 4.69) is 28.1 Å². The highest BCUT2D eigenvalue weighted by Gasteiger charge is 2.31. The van der Waals surface area contributed by atoms with E-state index in [0.717, 1.165) is 44.8 Å². The maximum absolute atomic E-state index is 12.6. The van der Waals surface area contributed by atoms with Crippen molar-refractivity contribution in [3.8, 4) is 0 Å². The van der Waals surface area contributed by atoms with Crippen LogP contribution >= 0.6 is 0 Å². The number of carbonyl (C=O) groups excluding carboxylic acids is 1. The Kier molecular flexibility index (Phi) is 8.57. The number of urea groups is 1. The van der Waals surface area contributed by atoms with Crippen molar-refractivity contribution in [2.75, 3.05) is 65.4 Å². The van der Waals surface area contributed by atoms with Gasteiger partial charge in [-0.15, -0.1) is 0 Å². The third-order valence-electron chi connectivity index (χ3n) is 6.13. The van der Waals surface area contributed by atoms with Crippen molar-refractivity contribution in [2.24, 2.45) is 0 Å². The zero-order valence-electron chi connectivity index (χ0n) is 18.3. The molecule has 0 aromatic heterocycles. The Morgan fingerprint density at radius 2 is 1.55 bits per heavy atom. The normalized spacial score (nSPS) is 19.9. The molecule has 1 aromatic carbocycles. The van der Waals surface area contributed by atoms with Gasteiger partial charge in [0.2, 0.25) is 0 Å². The molecule has 6 nitrogen and oxygen atoms in total. The van der Waals surface area contributed by atoms with Crippen molar-refractivity contribution in [2.45, 2.75) is 32.6 Å². The number of piperazine rings is 1. The summed E-state index contributed by atoms with van der Waals surface area (Å²) in [5.74, 6) is 0. The van der Waals surface area contributed by atoms with Crippen molar-refractivity contribution in [3.63, 3.8) is 0 Å². The minimum atomic E-state index is -4.20. The molecule has 31 heavy (non-hydrogen) atoms. The molecular formula is C22H34F3N5O. The Bertz CT molecular complexity index is 707. The molecule has 2 fully saturated rings. The zero-order valence-corrected chi connectivity index (χ0v) is 18.3. The molecule has 0 bridgehead atoms. The second kappa shape index (κ2) is 11.2. The number of amides is 2.